The van der Waals surface area contributed by atoms with E-state index in [1.807, 2.05) is 36.4 Å². The number of nitrogens with zero attached hydrogens (tertiary/aromatic N) is 1. The van der Waals surface area contributed by atoms with Crippen molar-refractivity contribution in [2.75, 3.05) is 5.32 Å². The number of rotatable bonds is 4. The zero-order chi connectivity index (χ0) is 21.7. The summed E-state index contributed by atoms with van der Waals surface area (Å²) in [5.74, 6) is 0.570. The molecule has 1 unspecified atom stereocenters. The third kappa shape index (κ3) is 3.15. The number of aromatic nitrogens is 1. The fourth-order valence-electron chi connectivity index (χ4n) is 4.93. The van der Waals surface area contributed by atoms with E-state index in [0.29, 0.717) is 23.1 Å². The van der Waals surface area contributed by atoms with Crippen LogP contribution in [0.4, 0.5) is 5.69 Å². The van der Waals surface area contributed by atoms with Gasteiger partial charge in [-0.1, -0.05) is 54.6 Å². The van der Waals surface area contributed by atoms with Crippen LogP contribution < -0.4 is 10.7 Å². The van der Waals surface area contributed by atoms with Crippen LogP contribution in [0.2, 0.25) is 0 Å². The molecule has 0 bridgehead atoms. The SMILES string of the molecule is O=C1NN=Cc2c(-c3ccccc3)[nH]c3cc(NC(=O)[C@H]4C[C@@H]4C4C=CC=CC4)cc1c23. The maximum Gasteiger partial charge on any atom is 0.272 e. The van der Waals surface area contributed by atoms with Gasteiger partial charge in [-0.25, -0.2) is 5.43 Å². The van der Waals surface area contributed by atoms with Gasteiger partial charge in [0.05, 0.1) is 17.5 Å². The predicted molar refractivity (Wildman–Crippen MR) is 125 cm³/mol. The lowest BCUT2D eigenvalue weighted by atomic mass is 9.94. The van der Waals surface area contributed by atoms with Gasteiger partial charge in [-0.2, -0.15) is 5.10 Å². The normalized spacial score (nSPS) is 23.1. The van der Waals surface area contributed by atoms with Crippen LogP contribution in [0.15, 0.2) is 71.9 Å². The molecule has 3 atom stereocenters. The fraction of sp³-hybridized carbons (Fsp3) is 0.192. The summed E-state index contributed by atoms with van der Waals surface area (Å²) in [6, 6.07) is 13.6. The summed E-state index contributed by atoms with van der Waals surface area (Å²) in [6.45, 7) is 0. The van der Waals surface area contributed by atoms with Crippen molar-refractivity contribution in [2.24, 2.45) is 22.9 Å². The zero-order valence-electron chi connectivity index (χ0n) is 17.3. The molecule has 6 rings (SSSR count). The molecule has 1 aromatic heterocycles. The molecule has 0 radical (unpaired) electrons. The molecule has 6 heteroatoms. The Hall–Kier alpha value is -3.93. The fourth-order valence-corrected chi connectivity index (χ4v) is 4.93. The Morgan fingerprint density at radius 1 is 1.12 bits per heavy atom. The molecular weight excluding hydrogens is 400 g/mol. The average molecular weight is 422 g/mol. The molecule has 2 aliphatic carbocycles. The highest BCUT2D eigenvalue weighted by Gasteiger charge is 2.46. The van der Waals surface area contributed by atoms with Gasteiger partial charge in [0.1, 0.15) is 0 Å². The van der Waals surface area contributed by atoms with E-state index >= 15 is 0 Å². The maximum atomic E-state index is 12.9. The first-order valence-electron chi connectivity index (χ1n) is 10.9. The molecule has 3 aliphatic rings. The van der Waals surface area contributed by atoms with Crippen LogP contribution in [-0.4, -0.2) is 23.0 Å². The average Bonchev–Trinajstić information content (AvgIpc) is 3.57. The molecule has 1 saturated carbocycles. The Balaban J connectivity index is 1.34. The molecule has 0 saturated heterocycles. The second-order valence-corrected chi connectivity index (χ2v) is 8.63. The van der Waals surface area contributed by atoms with Crippen molar-refractivity contribution in [3.05, 3.63) is 77.9 Å². The van der Waals surface area contributed by atoms with Gasteiger partial charge in [-0.05, 0) is 42.4 Å². The minimum atomic E-state index is -0.289. The van der Waals surface area contributed by atoms with Crippen LogP contribution >= 0.6 is 0 Å². The summed E-state index contributed by atoms with van der Waals surface area (Å²) in [6.07, 6.45) is 12.1. The number of H-pyrrole nitrogens is 1. The van der Waals surface area contributed by atoms with Gasteiger partial charge in [0.25, 0.3) is 5.91 Å². The molecule has 1 fully saturated rings. The van der Waals surface area contributed by atoms with Crippen LogP contribution in [0.25, 0.3) is 22.2 Å². The van der Waals surface area contributed by atoms with Gasteiger partial charge >= 0.3 is 0 Å². The van der Waals surface area contributed by atoms with Crippen molar-refractivity contribution in [1.82, 2.24) is 10.4 Å². The second kappa shape index (κ2) is 7.34. The largest absolute Gasteiger partial charge is 0.354 e. The van der Waals surface area contributed by atoms with E-state index in [-0.39, 0.29) is 17.7 Å². The number of amides is 2. The number of allylic oxidation sites excluding steroid dienone is 4. The lowest BCUT2D eigenvalue weighted by Gasteiger charge is -2.13. The highest BCUT2D eigenvalue weighted by atomic mass is 16.2. The van der Waals surface area contributed by atoms with E-state index in [1.54, 1.807) is 12.3 Å². The van der Waals surface area contributed by atoms with Crippen LogP contribution in [0.1, 0.15) is 28.8 Å². The molecule has 2 amide bonds. The summed E-state index contributed by atoms with van der Waals surface area (Å²) in [5.41, 5.74) is 7.24. The van der Waals surface area contributed by atoms with Crippen molar-refractivity contribution in [1.29, 1.82) is 0 Å². The van der Waals surface area contributed by atoms with E-state index in [0.717, 1.165) is 40.6 Å². The van der Waals surface area contributed by atoms with E-state index in [9.17, 15) is 9.59 Å². The summed E-state index contributed by atoms with van der Waals surface area (Å²) in [4.78, 5) is 29.1. The standard InChI is InChI=1S/C26H22N4O2/c31-25(19-13-18(19)15-7-3-1-4-8-15)28-17-11-20-23-21(14-27-30-26(20)32)24(29-22(23)12-17)16-9-5-2-6-10-16/h1-7,9-12,14-15,18-19,29H,8,13H2,(H,28,31)(H,30,32)/t15?,18-,19+/m1/s1. The minimum absolute atomic E-state index is 0.0159. The zero-order valence-corrected chi connectivity index (χ0v) is 17.3. The molecule has 32 heavy (non-hydrogen) atoms. The van der Waals surface area contributed by atoms with Gasteiger partial charge in [0, 0.05) is 28.1 Å². The molecule has 2 heterocycles. The Morgan fingerprint density at radius 3 is 2.81 bits per heavy atom. The topological polar surface area (TPSA) is 86.3 Å². The summed E-state index contributed by atoms with van der Waals surface area (Å²) in [5, 5.41) is 7.96. The molecule has 0 spiro atoms. The van der Waals surface area contributed by atoms with Crippen molar-refractivity contribution in [2.45, 2.75) is 12.8 Å². The van der Waals surface area contributed by atoms with Gasteiger partial charge in [0.15, 0.2) is 0 Å². The molecule has 3 aromatic rings. The highest BCUT2D eigenvalue weighted by Crippen LogP contribution is 2.47. The number of hydrogen-bond acceptors (Lipinski definition) is 3. The number of hydrogen-bond donors (Lipinski definition) is 3. The lowest BCUT2D eigenvalue weighted by Crippen LogP contribution is -2.19. The number of carbonyl (C=O) groups excluding carboxylic acids is 2. The quantitative estimate of drug-likeness (QED) is 0.573. The maximum absolute atomic E-state index is 12.9. The van der Waals surface area contributed by atoms with E-state index < -0.39 is 0 Å². The van der Waals surface area contributed by atoms with Gasteiger partial charge < -0.3 is 10.3 Å². The highest BCUT2D eigenvalue weighted by molar-refractivity contribution is 6.18. The van der Waals surface area contributed by atoms with Crippen LogP contribution in [0.5, 0.6) is 0 Å². The first-order valence-corrected chi connectivity index (χ1v) is 10.9. The summed E-state index contributed by atoms with van der Waals surface area (Å²) in [7, 11) is 0. The third-order valence-electron chi connectivity index (χ3n) is 6.61. The first-order chi connectivity index (χ1) is 15.7. The Bertz CT molecular complexity index is 1330. The van der Waals surface area contributed by atoms with Crippen molar-refractivity contribution in [3.63, 3.8) is 0 Å². The summed E-state index contributed by atoms with van der Waals surface area (Å²) >= 11 is 0. The predicted octanol–water partition coefficient (Wildman–Crippen LogP) is 4.62. The van der Waals surface area contributed by atoms with E-state index in [2.05, 4.69) is 45.1 Å². The molecule has 3 N–H and O–H groups in total. The lowest BCUT2D eigenvalue weighted by molar-refractivity contribution is -0.117. The van der Waals surface area contributed by atoms with E-state index in [4.69, 9.17) is 0 Å². The number of nitrogens with one attached hydrogen (secondary N) is 3. The minimum Gasteiger partial charge on any atom is -0.354 e. The Kier molecular flexibility index (Phi) is 4.31. The first kappa shape index (κ1) is 18.8. The number of aromatic amines is 1. The Labute approximate surface area is 185 Å². The Morgan fingerprint density at radius 2 is 2.00 bits per heavy atom. The monoisotopic (exact) mass is 422 g/mol. The van der Waals surface area contributed by atoms with Crippen molar-refractivity contribution >= 4 is 34.6 Å². The van der Waals surface area contributed by atoms with Crippen molar-refractivity contribution in [3.8, 4) is 11.3 Å². The molecular formula is C26H22N4O2. The van der Waals surface area contributed by atoms with Crippen LogP contribution in [-0.2, 0) is 4.79 Å². The molecule has 1 aliphatic heterocycles. The number of benzene rings is 2. The van der Waals surface area contributed by atoms with Crippen LogP contribution in [0, 0.1) is 17.8 Å². The van der Waals surface area contributed by atoms with Crippen molar-refractivity contribution < 1.29 is 9.59 Å². The smallest absolute Gasteiger partial charge is 0.272 e. The van der Waals surface area contributed by atoms with Gasteiger partial charge in [-0.3, -0.25) is 9.59 Å². The molecule has 158 valence electrons. The van der Waals surface area contributed by atoms with Gasteiger partial charge in [0.2, 0.25) is 5.91 Å². The van der Waals surface area contributed by atoms with E-state index in [1.165, 1.54) is 0 Å². The van der Waals surface area contributed by atoms with Crippen LogP contribution in [0.3, 0.4) is 0 Å². The molecule has 2 aromatic carbocycles. The number of carbonyl (C=O) groups is 2. The third-order valence-corrected chi connectivity index (χ3v) is 6.61. The number of hydrazone groups is 1. The van der Waals surface area contributed by atoms with Gasteiger partial charge in [-0.15, -0.1) is 0 Å². The summed E-state index contributed by atoms with van der Waals surface area (Å²) < 4.78 is 0. The second-order valence-electron chi connectivity index (χ2n) is 8.63. The number of anilines is 1. The molecule has 6 nitrogen and oxygen atoms in total.